The molecule has 4 atom stereocenters. The summed E-state index contributed by atoms with van der Waals surface area (Å²) < 4.78 is 0. The van der Waals surface area contributed by atoms with E-state index in [1.54, 1.807) is 0 Å². The summed E-state index contributed by atoms with van der Waals surface area (Å²) in [6.07, 6.45) is 7.98. The summed E-state index contributed by atoms with van der Waals surface area (Å²) >= 11 is 0. The zero-order valence-electron chi connectivity index (χ0n) is 10.8. The summed E-state index contributed by atoms with van der Waals surface area (Å²) in [4.78, 5) is 2.34. The SMILES string of the molecule is CC(C#N)N1CCCCC1C1CCCCC1O. The Bertz CT molecular complexity index is 286. The zero-order valence-corrected chi connectivity index (χ0v) is 10.8. The second-order valence-corrected chi connectivity index (χ2v) is 5.62. The number of likely N-dealkylation sites (tertiary alicyclic amines) is 1. The maximum Gasteiger partial charge on any atom is 0.0951 e. The van der Waals surface area contributed by atoms with Gasteiger partial charge in [0.05, 0.1) is 18.2 Å². The Hall–Kier alpha value is -0.590. The van der Waals surface area contributed by atoms with Crippen LogP contribution in [0.1, 0.15) is 51.9 Å². The minimum Gasteiger partial charge on any atom is -0.393 e. The van der Waals surface area contributed by atoms with Gasteiger partial charge in [-0.15, -0.1) is 0 Å². The van der Waals surface area contributed by atoms with E-state index < -0.39 is 0 Å². The molecule has 0 aromatic carbocycles. The molecule has 1 N–H and O–H groups in total. The smallest absolute Gasteiger partial charge is 0.0951 e. The summed E-state index contributed by atoms with van der Waals surface area (Å²) in [5, 5.41) is 19.3. The van der Waals surface area contributed by atoms with E-state index >= 15 is 0 Å². The van der Waals surface area contributed by atoms with Gasteiger partial charge in [-0.25, -0.2) is 0 Å². The van der Waals surface area contributed by atoms with Crippen molar-refractivity contribution >= 4 is 0 Å². The Morgan fingerprint density at radius 2 is 1.88 bits per heavy atom. The molecule has 0 spiro atoms. The Labute approximate surface area is 104 Å². The first-order valence-corrected chi connectivity index (χ1v) is 7.07. The molecule has 96 valence electrons. The summed E-state index contributed by atoms with van der Waals surface area (Å²) in [5.74, 6) is 0.403. The van der Waals surface area contributed by atoms with Crippen LogP contribution >= 0.6 is 0 Å². The van der Waals surface area contributed by atoms with Gasteiger partial charge in [-0.3, -0.25) is 4.90 Å². The van der Waals surface area contributed by atoms with Gasteiger partial charge < -0.3 is 5.11 Å². The number of nitriles is 1. The van der Waals surface area contributed by atoms with Crippen LogP contribution in [0, 0.1) is 17.2 Å². The van der Waals surface area contributed by atoms with E-state index in [0.717, 1.165) is 32.2 Å². The van der Waals surface area contributed by atoms with Crippen molar-refractivity contribution in [1.82, 2.24) is 4.90 Å². The van der Waals surface area contributed by atoms with Gasteiger partial charge >= 0.3 is 0 Å². The maximum atomic E-state index is 10.2. The molecule has 3 nitrogen and oxygen atoms in total. The number of piperidine rings is 1. The molecular weight excluding hydrogens is 212 g/mol. The van der Waals surface area contributed by atoms with Crippen molar-refractivity contribution < 1.29 is 5.11 Å². The molecule has 0 aromatic rings. The molecule has 4 unspecified atom stereocenters. The van der Waals surface area contributed by atoms with Gasteiger partial charge in [0.2, 0.25) is 0 Å². The van der Waals surface area contributed by atoms with Crippen LogP contribution in [0.4, 0.5) is 0 Å². The monoisotopic (exact) mass is 236 g/mol. The number of aliphatic hydroxyl groups is 1. The maximum absolute atomic E-state index is 10.2. The number of nitrogens with zero attached hydrogens (tertiary/aromatic N) is 2. The average Bonchev–Trinajstić information content (AvgIpc) is 2.38. The van der Waals surface area contributed by atoms with Crippen molar-refractivity contribution in [3.05, 3.63) is 0 Å². The average molecular weight is 236 g/mol. The first-order valence-electron chi connectivity index (χ1n) is 7.07. The highest BCUT2D eigenvalue weighted by Crippen LogP contribution is 2.34. The molecular formula is C14H24N2O. The Morgan fingerprint density at radius 3 is 2.59 bits per heavy atom. The second-order valence-electron chi connectivity index (χ2n) is 5.62. The standard InChI is InChI=1S/C14H24N2O/c1-11(10-15)16-9-5-4-7-13(16)12-6-2-3-8-14(12)17/h11-14,17H,2-9H2,1H3. The fourth-order valence-electron chi connectivity index (χ4n) is 3.58. The fourth-order valence-corrected chi connectivity index (χ4v) is 3.58. The minimum atomic E-state index is -0.139. The van der Waals surface area contributed by atoms with Gasteiger partial charge in [-0.2, -0.15) is 5.26 Å². The van der Waals surface area contributed by atoms with Crippen molar-refractivity contribution in [2.24, 2.45) is 5.92 Å². The third-order valence-electron chi connectivity index (χ3n) is 4.55. The molecule has 0 amide bonds. The van der Waals surface area contributed by atoms with Crippen molar-refractivity contribution in [1.29, 1.82) is 5.26 Å². The molecule has 1 aliphatic heterocycles. The Balaban J connectivity index is 2.07. The molecule has 1 heterocycles. The molecule has 17 heavy (non-hydrogen) atoms. The Kier molecular flexibility index (Phi) is 4.42. The van der Waals surface area contributed by atoms with Crippen LogP contribution in [-0.2, 0) is 0 Å². The van der Waals surface area contributed by atoms with Crippen LogP contribution in [0.3, 0.4) is 0 Å². The van der Waals surface area contributed by atoms with Crippen molar-refractivity contribution in [3.8, 4) is 6.07 Å². The van der Waals surface area contributed by atoms with Gasteiger partial charge in [-0.1, -0.05) is 19.3 Å². The molecule has 3 heteroatoms. The normalized spacial score (nSPS) is 37.4. The van der Waals surface area contributed by atoms with E-state index in [-0.39, 0.29) is 12.1 Å². The molecule has 1 saturated heterocycles. The second kappa shape index (κ2) is 5.84. The Morgan fingerprint density at radius 1 is 1.18 bits per heavy atom. The summed E-state index contributed by atoms with van der Waals surface area (Å²) in [6.45, 7) is 3.02. The van der Waals surface area contributed by atoms with Crippen LogP contribution in [0.25, 0.3) is 0 Å². The molecule has 0 radical (unpaired) electrons. The van der Waals surface area contributed by atoms with Crippen LogP contribution in [0.2, 0.25) is 0 Å². The largest absolute Gasteiger partial charge is 0.393 e. The van der Waals surface area contributed by atoms with E-state index in [2.05, 4.69) is 11.0 Å². The van der Waals surface area contributed by atoms with Crippen molar-refractivity contribution in [2.75, 3.05) is 6.54 Å². The summed E-state index contributed by atoms with van der Waals surface area (Å²) in [5.41, 5.74) is 0. The van der Waals surface area contributed by atoms with Gasteiger partial charge in [-0.05, 0) is 39.2 Å². The molecule has 2 aliphatic rings. The summed E-state index contributed by atoms with van der Waals surface area (Å²) in [6, 6.07) is 2.80. The van der Waals surface area contributed by atoms with E-state index in [0.29, 0.717) is 12.0 Å². The lowest BCUT2D eigenvalue weighted by Gasteiger charge is -2.44. The lowest BCUT2D eigenvalue weighted by Crippen LogP contribution is -2.51. The zero-order chi connectivity index (χ0) is 12.3. The lowest BCUT2D eigenvalue weighted by molar-refractivity contribution is -0.0118. The lowest BCUT2D eigenvalue weighted by atomic mass is 9.77. The van der Waals surface area contributed by atoms with Gasteiger partial charge in [0.1, 0.15) is 0 Å². The van der Waals surface area contributed by atoms with Crippen LogP contribution in [-0.4, -0.2) is 34.7 Å². The van der Waals surface area contributed by atoms with E-state index in [9.17, 15) is 5.11 Å². The third kappa shape index (κ3) is 2.81. The predicted molar refractivity (Wildman–Crippen MR) is 67.4 cm³/mol. The first kappa shape index (κ1) is 12.9. The number of rotatable bonds is 2. The molecule has 1 saturated carbocycles. The number of hydrogen-bond acceptors (Lipinski definition) is 3. The number of hydrogen-bond donors (Lipinski definition) is 1. The highest BCUT2D eigenvalue weighted by molar-refractivity contribution is 4.96. The molecule has 0 aromatic heterocycles. The first-order chi connectivity index (χ1) is 8.24. The van der Waals surface area contributed by atoms with Crippen molar-refractivity contribution in [3.63, 3.8) is 0 Å². The predicted octanol–water partition coefficient (Wildman–Crippen LogP) is 2.30. The highest BCUT2D eigenvalue weighted by Gasteiger charge is 2.37. The molecule has 2 fully saturated rings. The minimum absolute atomic E-state index is 0.00516. The van der Waals surface area contributed by atoms with Gasteiger partial charge in [0.15, 0.2) is 0 Å². The molecule has 1 aliphatic carbocycles. The summed E-state index contributed by atoms with van der Waals surface area (Å²) in [7, 11) is 0. The molecule has 2 rings (SSSR count). The van der Waals surface area contributed by atoms with Gasteiger partial charge in [0.25, 0.3) is 0 Å². The highest BCUT2D eigenvalue weighted by atomic mass is 16.3. The quantitative estimate of drug-likeness (QED) is 0.800. The number of aliphatic hydroxyl groups excluding tert-OH is 1. The van der Waals surface area contributed by atoms with E-state index in [1.807, 2.05) is 6.92 Å². The van der Waals surface area contributed by atoms with Crippen LogP contribution in [0.5, 0.6) is 0 Å². The van der Waals surface area contributed by atoms with E-state index in [1.165, 1.54) is 19.3 Å². The fraction of sp³-hybridized carbons (Fsp3) is 0.929. The third-order valence-corrected chi connectivity index (χ3v) is 4.55. The molecule has 0 bridgehead atoms. The van der Waals surface area contributed by atoms with Gasteiger partial charge in [0, 0.05) is 12.0 Å². The topological polar surface area (TPSA) is 47.3 Å². The van der Waals surface area contributed by atoms with Crippen LogP contribution < -0.4 is 0 Å². The van der Waals surface area contributed by atoms with Crippen molar-refractivity contribution in [2.45, 2.75) is 70.1 Å². The van der Waals surface area contributed by atoms with E-state index in [4.69, 9.17) is 5.26 Å². The van der Waals surface area contributed by atoms with Crippen LogP contribution in [0.15, 0.2) is 0 Å².